The molecule has 1 aliphatic heterocycles. The summed E-state index contributed by atoms with van der Waals surface area (Å²) in [6.07, 6.45) is 0. The van der Waals surface area contributed by atoms with E-state index in [4.69, 9.17) is 9.47 Å². The van der Waals surface area contributed by atoms with Crippen LogP contribution in [-0.4, -0.2) is 31.8 Å². The van der Waals surface area contributed by atoms with Gasteiger partial charge in [0.05, 0.1) is 7.11 Å². The van der Waals surface area contributed by atoms with Crippen molar-refractivity contribution in [1.82, 2.24) is 5.32 Å². The summed E-state index contributed by atoms with van der Waals surface area (Å²) in [6.45, 7) is 3.32. The zero-order chi connectivity index (χ0) is 11.6. The molecule has 0 amide bonds. The van der Waals surface area contributed by atoms with Gasteiger partial charge >= 0.3 is 5.97 Å². The summed E-state index contributed by atoms with van der Waals surface area (Å²) in [6, 6.07) is 7.07. The molecule has 94 valence electrons. The van der Waals surface area contributed by atoms with E-state index in [0.717, 1.165) is 0 Å². The summed E-state index contributed by atoms with van der Waals surface area (Å²) >= 11 is 0. The van der Waals surface area contributed by atoms with Crippen molar-refractivity contribution in [2.75, 3.05) is 20.2 Å². The molecule has 0 saturated carbocycles. The largest absolute Gasteiger partial charge is 0.496 e. The molecule has 4 nitrogen and oxygen atoms in total. The first-order chi connectivity index (χ1) is 7.64. The van der Waals surface area contributed by atoms with E-state index in [-0.39, 0.29) is 24.0 Å². The Balaban J connectivity index is 0.00000144. The van der Waals surface area contributed by atoms with Gasteiger partial charge in [0.1, 0.15) is 16.9 Å². The standard InChI is InChI=1S/C12H15NO3.ClH/c1-12(7-13-8-12)16-11(14)9-5-3-4-6-10(9)15-2;/h3-6,13H,7-8H2,1-2H3;1H. The molecule has 0 bridgehead atoms. The van der Waals surface area contributed by atoms with Gasteiger partial charge in [0, 0.05) is 13.1 Å². The van der Waals surface area contributed by atoms with Gasteiger partial charge in [0.25, 0.3) is 0 Å². The van der Waals surface area contributed by atoms with E-state index >= 15 is 0 Å². The van der Waals surface area contributed by atoms with E-state index in [1.807, 2.05) is 13.0 Å². The number of nitrogens with one attached hydrogen (secondary N) is 1. The molecule has 0 aromatic heterocycles. The monoisotopic (exact) mass is 257 g/mol. The predicted molar refractivity (Wildman–Crippen MR) is 66.9 cm³/mol. The van der Waals surface area contributed by atoms with Crippen molar-refractivity contribution >= 4 is 18.4 Å². The molecule has 0 aliphatic carbocycles. The number of rotatable bonds is 3. The molecule has 1 aliphatic rings. The first kappa shape index (κ1) is 13.8. The topological polar surface area (TPSA) is 47.6 Å². The van der Waals surface area contributed by atoms with Crippen LogP contribution < -0.4 is 10.1 Å². The number of para-hydroxylation sites is 1. The van der Waals surface area contributed by atoms with Crippen molar-refractivity contribution in [1.29, 1.82) is 0 Å². The number of esters is 1. The number of carbonyl (C=O) groups excluding carboxylic acids is 1. The highest BCUT2D eigenvalue weighted by molar-refractivity contribution is 5.92. The zero-order valence-corrected chi connectivity index (χ0v) is 10.7. The Hall–Kier alpha value is -1.26. The maximum Gasteiger partial charge on any atom is 0.342 e. The molecule has 0 spiro atoms. The lowest BCUT2D eigenvalue weighted by atomic mass is 10.00. The van der Waals surface area contributed by atoms with Crippen molar-refractivity contribution in [2.45, 2.75) is 12.5 Å². The lowest BCUT2D eigenvalue weighted by molar-refractivity contribution is -0.0351. The number of ether oxygens (including phenoxy) is 2. The fourth-order valence-corrected chi connectivity index (χ4v) is 1.64. The molecular formula is C12H16ClNO3. The summed E-state index contributed by atoms with van der Waals surface area (Å²) in [5.41, 5.74) is 0.0934. The molecule has 1 saturated heterocycles. The van der Waals surface area contributed by atoms with E-state index in [0.29, 0.717) is 24.4 Å². The molecule has 1 fully saturated rings. The van der Waals surface area contributed by atoms with Crippen molar-refractivity contribution in [3.05, 3.63) is 29.8 Å². The summed E-state index contributed by atoms with van der Waals surface area (Å²) < 4.78 is 10.5. The Kier molecular flexibility index (Phi) is 4.37. The fraction of sp³-hybridized carbons (Fsp3) is 0.417. The third-order valence-electron chi connectivity index (χ3n) is 2.66. The Bertz CT molecular complexity index is 404. The number of hydrogen-bond acceptors (Lipinski definition) is 4. The van der Waals surface area contributed by atoms with Gasteiger partial charge in [0.15, 0.2) is 0 Å². The fourth-order valence-electron chi connectivity index (χ4n) is 1.64. The van der Waals surface area contributed by atoms with Gasteiger partial charge in [-0.15, -0.1) is 12.4 Å². The van der Waals surface area contributed by atoms with Crippen LogP contribution in [0.4, 0.5) is 0 Å². The van der Waals surface area contributed by atoms with Gasteiger partial charge in [-0.3, -0.25) is 0 Å². The Labute approximate surface area is 107 Å². The van der Waals surface area contributed by atoms with Crippen LogP contribution in [0.15, 0.2) is 24.3 Å². The highest BCUT2D eigenvalue weighted by Gasteiger charge is 2.36. The quantitative estimate of drug-likeness (QED) is 0.837. The minimum Gasteiger partial charge on any atom is -0.496 e. The molecule has 0 atom stereocenters. The van der Waals surface area contributed by atoms with E-state index in [2.05, 4.69) is 5.32 Å². The van der Waals surface area contributed by atoms with E-state index < -0.39 is 0 Å². The maximum absolute atomic E-state index is 11.9. The van der Waals surface area contributed by atoms with Crippen molar-refractivity contribution < 1.29 is 14.3 Å². The second-order valence-electron chi connectivity index (χ2n) is 4.14. The number of methoxy groups -OCH3 is 1. The summed E-state index contributed by atoms with van der Waals surface area (Å²) in [7, 11) is 1.54. The number of benzene rings is 1. The first-order valence-electron chi connectivity index (χ1n) is 5.22. The number of hydrogen-bond donors (Lipinski definition) is 1. The molecule has 1 aromatic carbocycles. The second-order valence-corrected chi connectivity index (χ2v) is 4.14. The minimum absolute atomic E-state index is 0. The molecule has 1 aromatic rings. The molecule has 1 heterocycles. The average molecular weight is 258 g/mol. The minimum atomic E-state index is -0.377. The van der Waals surface area contributed by atoms with Gasteiger partial charge in [-0.25, -0.2) is 4.79 Å². The van der Waals surface area contributed by atoms with Crippen LogP contribution in [0.5, 0.6) is 5.75 Å². The van der Waals surface area contributed by atoms with Crippen molar-refractivity contribution in [2.24, 2.45) is 0 Å². The van der Waals surface area contributed by atoms with Crippen LogP contribution in [-0.2, 0) is 4.74 Å². The molecule has 17 heavy (non-hydrogen) atoms. The van der Waals surface area contributed by atoms with Crippen LogP contribution in [0, 0.1) is 0 Å². The summed E-state index contributed by atoms with van der Waals surface area (Å²) in [5, 5.41) is 3.08. The predicted octanol–water partition coefficient (Wildman–Crippen LogP) is 1.64. The number of carbonyl (C=O) groups is 1. The average Bonchev–Trinajstić information content (AvgIpc) is 2.26. The molecule has 2 rings (SSSR count). The molecule has 0 radical (unpaired) electrons. The van der Waals surface area contributed by atoms with Crippen LogP contribution in [0.25, 0.3) is 0 Å². The first-order valence-corrected chi connectivity index (χ1v) is 5.22. The van der Waals surface area contributed by atoms with Gasteiger partial charge < -0.3 is 14.8 Å². The Morgan fingerprint density at radius 3 is 2.53 bits per heavy atom. The number of halogens is 1. The van der Waals surface area contributed by atoms with E-state index in [9.17, 15) is 4.79 Å². The molecular weight excluding hydrogens is 242 g/mol. The van der Waals surface area contributed by atoms with Gasteiger partial charge in [0.2, 0.25) is 0 Å². The van der Waals surface area contributed by atoms with Gasteiger partial charge in [-0.2, -0.15) is 0 Å². The Morgan fingerprint density at radius 2 is 2.00 bits per heavy atom. The third-order valence-corrected chi connectivity index (χ3v) is 2.66. The van der Waals surface area contributed by atoms with Gasteiger partial charge in [-0.1, -0.05) is 12.1 Å². The lowest BCUT2D eigenvalue weighted by Gasteiger charge is -2.38. The maximum atomic E-state index is 11.9. The molecule has 5 heteroatoms. The third kappa shape index (κ3) is 2.90. The summed E-state index contributed by atoms with van der Waals surface area (Å²) in [4.78, 5) is 11.9. The normalized spacial score (nSPS) is 16.4. The summed E-state index contributed by atoms with van der Waals surface area (Å²) in [5.74, 6) is 0.213. The van der Waals surface area contributed by atoms with Crippen LogP contribution in [0.2, 0.25) is 0 Å². The molecule has 1 N–H and O–H groups in total. The zero-order valence-electron chi connectivity index (χ0n) is 9.86. The van der Waals surface area contributed by atoms with Gasteiger partial charge in [-0.05, 0) is 19.1 Å². The Morgan fingerprint density at radius 1 is 1.35 bits per heavy atom. The van der Waals surface area contributed by atoms with Crippen molar-refractivity contribution in [3.8, 4) is 5.75 Å². The van der Waals surface area contributed by atoms with Crippen LogP contribution >= 0.6 is 12.4 Å². The van der Waals surface area contributed by atoms with Crippen LogP contribution in [0.1, 0.15) is 17.3 Å². The highest BCUT2D eigenvalue weighted by atomic mass is 35.5. The van der Waals surface area contributed by atoms with E-state index in [1.165, 1.54) is 0 Å². The second kappa shape index (κ2) is 5.38. The highest BCUT2D eigenvalue weighted by Crippen LogP contribution is 2.23. The van der Waals surface area contributed by atoms with Crippen LogP contribution in [0.3, 0.4) is 0 Å². The smallest absolute Gasteiger partial charge is 0.342 e. The lowest BCUT2D eigenvalue weighted by Crippen LogP contribution is -2.59. The molecule has 0 unspecified atom stereocenters. The SMILES string of the molecule is COc1ccccc1C(=O)OC1(C)CNC1.Cl. The van der Waals surface area contributed by atoms with Crippen molar-refractivity contribution in [3.63, 3.8) is 0 Å². The van der Waals surface area contributed by atoms with E-state index in [1.54, 1.807) is 25.3 Å².